The van der Waals surface area contributed by atoms with Gasteiger partial charge in [0.25, 0.3) is 0 Å². The van der Waals surface area contributed by atoms with Crippen LogP contribution >= 0.6 is 0 Å². The molecule has 0 aliphatic carbocycles. The molecule has 2 aliphatic heterocycles. The quantitative estimate of drug-likeness (QED) is 0.735. The van der Waals surface area contributed by atoms with Crippen LogP contribution in [0.3, 0.4) is 0 Å². The fraction of sp³-hybridized carbons (Fsp3) is 0.458. The minimum Gasteiger partial charge on any atom is -0.370 e. The fourth-order valence-electron chi connectivity index (χ4n) is 4.42. The zero-order valence-electron chi connectivity index (χ0n) is 17.9. The van der Waals surface area contributed by atoms with E-state index in [1.807, 2.05) is 36.4 Å². The van der Waals surface area contributed by atoms with Crippen LogP contribution in [-0.2, 0) is 21.2 Å². The largest absolute Gasteiger partial charge is 0.370 e. The Hall–Kier alpha value is -2.38. The molecule has 2 aromatic carbocycles. The van der Waals surface area contributed by atoms with Gasteiger partial charge in [0.05, 0.1) is 22.7 Å². The number of rotatable bonds is 6. The zero-order chi connectivity index (χ0) is 21.7. The second kappa shape index (κ2) is 9.83. The van der Waals surface area contributed by atoms with E-state index in [2.05, 4.69) is 10.2 Å². The predicted molar refractivity (Wildman–Crippen MR) is 124 cm³/mol. The second-order valence-corrected chi connectivity index (χ2v) is 10.3. The molecule has 31 heavy (non-hydrogen) atoms. The summed E-state index contributed by atoms with van der Waals surface area (Å²) in [6.07, 6.45) is 6.52. The highest BCUT2D eigenvalue weighted by molar-refractivity contribution is 7.89. The minimum atomic E-state index is -3.56. The average molecular weight is 442 g/mol. The van der Waals surface area contributed by atoms with Crippen molar-refractivity contribution >= 4 is 27.3 Å². The summed E-state index contributed by atoms with van der Waals surface area (Å²) in [4.78, 5) is 15.3. The Morgan fingerprint density at radius 3 is 2.16 bits per heavy atom. The monoisotopic (exact) mass is 441 g/mol. The highest BCUT2D eigenvalue weighted by Gasteiger charge is 2.27. The Balaban J connectivity index is 1.62. The van der Waals surface area contributed by atoms with Gasteiger partial charge in [-0.25, -0.2) is 8.42 Å². The van der Waals surface area contributed by atoms with Gasteiger partial charge in [-0.3, -0.25) is 4.79 Å². The second-order valence-electron chi connectivity index (χ2n) is 8.40. The van der Waals surface area contributed by atoms with E-state index in [9.17, 15) is 13.2 Å². The standard InChI is InChI=1S/C24H31N3O3S/c28-24(18-20-10-4-1-5-11-20)25-22-19-21(31(29,30)27-16-8-3-9-17-27)12-13-23(22)26-14-6-2-7-15-26/h1,4-5,10-13,19H,2-3,6-9,14-18H2,(H,25,28). The number of hydrogen-bond acceptors (Lipinski definition) is 4. The van der Waals surface area contributed by atoms with Crippen LogP contribution in [0.5, 0.6) is 0 Å². The van der Waals surface area contributed by atoms with Gasteiger partial charge >= 0.3 is 0 Å². The molecule has 6 nitrogen and oxygen atoms in total. The molecule has 0 radical (unpaired) electrons. The van der Waals surface area contributed by atoms with Crippen molar-refractivity contribution in [1.82, 2.24) is 4.31 Å². The molecule has 0 unspecified atom stereocenters. The van der Waals surface area contributed by atoms with E-state index in [0.717, 1.165) is 56.4 Å². The molecule has 2 fully saturated rings. The Morgan fingerprint density at radius 1 is 0.839 bits per heavy atom. The van der Waals surface area contributed by atoms with Gasteiger partial charge < -0.3 is 10.2 Å². The number of sulfonamides is 1. The maximum Gasteiger partial charge on any atom is 0.243 e. The Labute approximate surface area is 185 Å². The van der Waals surface area contributed by atoms with Crippen molar-refractivity contribution in [3.63, 3.8) is 0 Å². The van der Waals surface area contributed by atoms with E-state index in [1.165, 1.54) is 6.42 Å². The van der Waals surface area contributed by atoms with Gasteiger partial charge in [0.1, 0.15) is 0 Å². The highest BCUT2D eigenvalue weighted by Crippen LogP contribution is 2.32. The summed E-state index contributed by atoms with van der Waals surface area (Å²) in [7, 11) is -3.56. The van der Waals surface area contributed by atoms with E-state index in [4.69, 9.17) is 0 Å². The van der Waals surface area contributed by atoms with Crippen molar-refractivity contribution in [3.8, 4) is 0 Å². The first-order valence-corrected chi connectivity index (χ1v) is 12.7. The summed E-state index contributed by atoms with van der Waals surface area (Å²) in [5.74, 6) is -0.142. The van der Waals surface area contributed by atoms with Crippen LogP contribution in [0.2, 0.25) is 0 Å². The summed E-state index contributed by atoms with van der Waals surface area (Å²) >= 11 is 0. The summed E-state index contributed by atoms with van der Waals surface area (Å²) in [5.41, 5.74) is 2.41. The first-order valence-electron chi connectivity index (χ1n) is 11.3. The van der Waals surface area contributed by atoms with Crippen molar-refractivity contribution in [3.05, 3.63) is 54.1 Å². The summed E-state index contributed by atoms with van der Waals surface area (Å²) in [6, 6.07) is 14.8. The molecule has 4 rings (SSSR count). The van der Waals surface area contributed by atoms with Crippen molar-refractivity contribution < 1.29 is 13.2 Å². The number of nitrogens with one attached hydrogen (secondary N) is 1. The smallest absolute Gasteiger partial charge is 0.243 e. The number of amides is 1. The number of hydrogen-bond donors (Lipinski definition) is 1. The topological polar surface area (TPSA) is 69.7 Å². The molecular weight excluding hydrogens is 410 g/mol. The molecule has 0 saturated carbocycles. The van der Waals surface area contributed by atoms with Crippen LogP contribution in [0.4, 0.5) is 11.4 Å². The first kappa shape index (κ1) is 21.8. The molecule has 2 saturated heterocycles. The van der Waals surface area contributed by atoms with Gasteiger partial charge in [0.15, 0.2) is 0 Å². The Morgan fingerprint density at radius 2 is 1.48 bits per heavy atom. The summed E-state index contributed by atoms with van der Waals surface area (Å²) in [6.45, 7) is 2.96. The predicted octanol–water partition coefficient (Wildman–Crippen LogP) is 4.03. The molecule has 2 aliphatic rings. The Bertz CT molecular complexity index is 996. The molecule has 1 N–H and O–H groups in total. The van der Waals surface area contributed by atoms with E-state index in [-0.39, 0.29) is 17.2 Å². The first-order chi connectivity index (χ1) is 15.0. The van der Waals surface area contributed by atoms with E-state index in [0.29, 0.717) is 18.8 Å². The van der Waals surface area contributed by atoms with E-state index in [1.54, 1.807) is 16.4 Å². The molecule has 2 aromatic rings. The van der Waals surface area contributed by atoms with Crippen molar-refractivity contribution in [2.45, 2.75) is 49.8 Å². The van der Waals surface area contributed by atoms with Gasteiger partial charge in [-0.05, 0) is 55.9 Å². The number of carbonyl (C=O) groups excluding carboxylic acids is 1. The van der Waals surface area contributed by atoms with Gasteiger partial charge in [0, 0.05) is 26.2 Å². The summed E-state index contributed by atoms with van der Waals surface area (Å²) in [5, 5.41) is 3.01. The third-order valence-corrected chi connectivity index (χ3v) is 7.99. The Kier molecular flexibility index (Phi) is 6.92. The fourth-order valence-corrected chi connectivity index (χ4v) is 5.96. The number of nitrogens with zero attached hydrogens (tertiary/aromatic N) is 2. The lowest BCUT2D eigenvalue weighted by Crippen LogP contribution is -2.36. The van der Waals surface area contributed by atoms with Crippen molar-refractivity contribution in [2.75, 3.05) is 36.4 Å². The molecule has 0 atom stereocenters. The van der Waals surface area contributed by atoms with Crippen LogP contribution in [0.25, 0.3) is 0 Å². The molecule has 0 spiro atoms. The normalized spacial score (nSPS) is 18.0. The van der Waals surface area contributed by atoms with Crippen LogP contribution in [0, 0.1) is 0 Å². The summed E-state index contributed by atoms with van der Waals surface area (Å²) < 4.78 is 28.0. The molecule has 166 valence electrons. The number of benzene rings is 2. The SMILES string of the molecule is O=C(Cc1ccccc1)Nc1cc(S(=O)(=O)N2CCCCC2)ccc1N1CCCCC1. The van der Waals surface area contributed by atoms with E-state index < -0.39 is 10.0 Å². The highest BCUT2D eigenvalue weighted by atomic mass is 32.2. The lowest BCUT2D eigenvalue weighted by Gasteiger charge is -2.31. The maximum absolute atomic E-state index is 13.2. The zero-order valence-corrected chi connectivity index (χ0v) is 18.7. The molecule has 1 amide bonds. The molecule has 7 heteroatoms. The molecule has 2 heterocycles. The molecule has 0 bridgehead atoms. The minimum absolute atomic E-state index is 0.142. The van der Waals surface area contributed by atoms with E-state index >= 15 is 0 Å². The van der Waals surface area contributed by atoms with Gasteiger partial charge in [-0.2, -0.15) is 4.31 Å². The van der Waals surface area contributed by atoms with Gasteiger partial charge in [-0.15, -0.1) is 0 Å². The van der Waals surface area contributed by atoms with Crippen LogP contribution in [0.15, 0.2) is 53.4 Å². The van der Waals surface area contributed by atoms with Crippen molar-refractivity contribution in [2.24, 2.45) is 0 Å². The van der Waals surface area contributed by atoms with Gasteiger partial charge in [0.2, 0.25) is 15.9 Å². The molecular formula is C24H31N3O3S. The van der Waals surface area contributed by atoms with Crippen molar-refractivity contribution in [1.29, 1.82) is 0 Å². The third kappa shape index (κ3) is 5.28. The number of piperidine rings is 2. The van der Waals surface area contributed by atoms with Crippen LogP contribution in [0.1, 0.15) is 44.1 Å². The molecule has 0 aromatic heterocycles. The third-order valence-electron chi connectivity index (χ3n) is 6.10. The van der Waals surface area contributed by atoms with Crippen LogP contribution < -0.4 is 10.2 Å². The van der Waals surface area contributed by atoms with Crippen LogP contribution in [-0.4, -0.2) is 44.8 Å². The van der Waals surface area contributed by atoms with Gasteiger partial charge in [-0.1, -0.05) is 36.8 Å². The average Bonchev–Trinajstić information content (AvgIpc) is 2.81. The lowest BCUT2D eigenvalue weighted by atomic mass is 10.1. The number of anilines is 2. The maximum atomic E-state index is 13.2. The lowest BCUT2D eigenvalue weighted by molar-refractivity contribution is -0.115. The number of carbonyl (C=O) groups is 1.